The molecule has 18 heavy (non-hydrogen) atoms. The van der Waals surface area contributed by atoms with Gasteiger partial charge in [0.05, 0.1) is 6.61 Å². The number of nitrogens with one attached hydrogen (secondary N) is 1. The van der Waals surface area contributed by atoms with Gasteiger partial charge in [0.25, 0.3) is 0 Å². The van der Waals surface area contributed by atoms with Gasteiger partial charge >= 0.3 is 0 Å². The highest BCUT2D eigenvalue weighted by Gasteiger charge is 2.02. The summed E-state index contributed by atoms with van der Waals surface area (Å²) in [6, 6.07) is 12.7. The molecule has 1 aromatic carbocycles. The van der Waals surface area contributed by atoms with Crippen LogP contribution >= 0.6 is 0 Å². The Hall–Kier alpha value is -1.58. The average Bonchev–Trinajstić information content (AvgIpc) is 2.83. The van der Waals surface area contributed by atoms with E-state index in [4.69, 9.17) is 4.74 Å². The maximum absolute atomic E-state index is 5.02. The van der Waals surface area contributed by atoms with Crippen LogP contribution in [0.2, 0.25) is 0 Å². The Labute approximate surface area is 108 Å². The highest BCUT2D eigenvalue weighted by molar-refractivity contribution is 5.37. The molecule has 0 bridgehead atoms. The maximum atomic E-state index is 5.02. The van der Waals surface area contributed by atoms with Crippen molar-refractivity contribution >= 4 is 0 Å². The van der Waals surface area contributed by atoms with Crippen molar-refractivity contribution in [1.82, 2.24) is 9.88 Å². The van der Waals surface area contributed by atoms with Crippen LogP contribution in [0.4, 0.5) is 0 Å². The summed E-state index contributed by atoms with van der Waals surface area (Å²) in [4.78, 5) is 0. The third kappa shape index (κ3) is 3.22. The molecule has 0 radical (unpaired) electrons. The minimum atomic E-state index is 0.741. The minimum Gasteiger partial charge on any atom is -0.383 e. The SMILES string of the molecule is COCCNCc1cccn1-c1cccc(C)c1. The first-order valence-corrected chi connectivity index (χ1v) is 6.24. The Bertz CT molecular complexity index is 491. The number of nitrogens with zero attached hydrogens (tertiary/aromatic N) is 1. The van der Waals surface area contributed by atoms with E-state index in [-0.39, 0.29) is 0 Å². The second kappa shape index (κ2) is 6.38. The largest absolute Gasteiger partial charge is 0.383 e. The Morgan fingerprint density at radius 2 is 2.11 bits per heavy atom. The highest BCUT2D eigenvalue weighted by Crippen LogP contribution is 2.14. The Kier molecular flexibility index (Phi) is 4.56. The van der Waals surface area contributed by atoms with Crippen molar-refractivity contribution in [2.24, 2.45) is 0 Å². The molecule has 0 aliphatic rings. The van der Waals surface area contributed by atoms with Gasteiger partial charge in [0.2, 0.25) is 0 Å². The molecule has 1 aromatic heterocycles. The zero-order chi connectivity index (χ0) is 12.8. The van der Waals surface area contributed by atoms with Crippen molar-refractivity contribution in [3.05, 3.63) is 53.9 Å². The first-order valence-electron chi connectivity index (χ1n) is 6.24. The molecule has 0 saturated carbocycles. The van der Waals surface area contributed by atoms with Gasteiger partial charge in [-0.25, -0.2) is 0 Å². The molecule has 3 heteroatoms. The average molecular weight is 244 g/mol. The van der Waals surface area contributed by atoms with Crippen LogP contribution < -0.4 is 5.32 Å². The van der Waals surface area contributed by atoms with Crippen LogP contribution in [0.15, 0.2) is 42.6 Å². The van der Waals surface area contributed by atoms with Gasteiger partial charge in [-0.1, -0.05) is 12.1 Å². The Morgan fingerprint density at radius 1 is 1.22 bits per heavy atom. The summed E-state index contributed by atoms with van der Waals surface area (Å²) in [5.41, 5.74) is 3.75. The fraction of sp³-hybridized carbons (Fsp3) is 0.333. The molecule has 0 aliphatic heterocycles. The summed E-state index contributed by atoms with van der Waals surface area (Å²) in [5.74, 6) is 0. The lowest BCUT2D eigenvalue weighted by atomic mass is 10.2. The molecule has 3 nitrogen and oxygen atoms in total. The Morgan fingerprint density at radius 3 is 2.89 bits per heavy atom. The van der Waals surface area contributed by atoms with Crippen molar-refractivity contribution in [3.8, 4) is 5.69 Å². The van der Waals surface area contributed by atoms with Crippen molar-refractivity contribution in [3.63, 3.8) is 0 Å². The summed E-state index contributed by atoms with van der Waals surface area (Å²) in [6.45, 7) is 4.58. The van der Waals surface area contributed by atoms with Crippen molar-refractivity contribution in [1.29, 1.82) is 0 Å². The third-order valence-corrected chi connectivity index (χ3v) is 2.90. The number of aromatic nitrogens is 1. The van der Waals surface area contributed by atoms with Gasteiger partial charge in [0.1, 0.15) is 0 Å². The van der Waals surface area contributed by atoms with Crippen molar-refractivity contribution in [2.75, 3.05) is 20.3 Å². The summed E-state index contributed by atoms with van der Waals surface area (Å²) < 4.78 is 7.24. The molecule has 1 N–H and O–H groups in total. The summed E-state index contributed by atoms with van der Waals surface area (Å²) >= 11 is 0. The molecule has 0 saturated heterocycles. The van der Waals surface area contributed by atoms with Crippen molar-refractivity contribution in [2.45, 2.75) is 13.5 Å². The number of hydrogen-bond donors (Lipinski definition) is 1. The molecule has 1 heterocycles. The summed E-state index contributed by atoms with van der Waals surface area (Å²) in [7, 11) is 1.72. The highest BCUT2D eigenvalue weighted by atomic mass is 16.5. The second-order valence-corrected chi connectivity index (χ2v) is 4.38. The van der Waals surface area contributed by atoms with E-state index in [9.17, 15) is 0 Å². The number of hydrogen-bond acceptors (Lipinski definition) is 2. The molecule has 2 aromatic rings. The molecule has 96 valence electrons. The van der Waals surface area contributed by atoms with E-state index in [0.717, 1.165) is 19.7 Å². The lowest BCUT2D eigenvalue weighted by Crippen LogP contribution is -2.20. The Balaban J connectivity index is 2.08. The number of methoxy groups -OCH3 is 1. The fourth-order valence-corrected chi connectivity index (χ4v) is 1.98. The van der Waals surface area contributed by atoms with Gasteiger partial charge in [0.15, 0.2) is 0 Å². The number of benzene rings is 1. The molecule has 2 rings (SSSR count). The normalized spacial score (nSPS) is 10.8. The molecular weight excluding hydrogens is 224 g/mol. The van der Waals surface area contributed by atoms with E-state index in [0.29, 0.717) is 0 Å². The quantitative estimate of drug-likeness (QED) is 0.790. The maximum Gasteiger partial charge on any atom is 0.0587 e. The summed E-state index contributed by atoms with van der Waals surface area (Å²) in [6.07, 6.45) is 2.10. The van der Waals surface area contributed by atoms with Crippen LogP contribution in [0.3, 0.4) is 0 Å². The lowest BCUT2D eigenvalue weighted by Gasteiger charge is -2.10. The topological polar surface area (TPSA) is 26.2 Å². The predicted molar refractivity (Wildman–Crippen MR) is 74.1 cm³/mol. The lowest BCUT2D eigenvalue weighted by molar-refractivity contribution is 0.199. The van der Waals surface area contributed by atoms with E-state index >= 15 is 0 Å². The molecule has 0 spiro atoms. The molecule has 0 fully saturated rings. The zero-order valence-corrected chi connectivity index (χ0v) is 11.0. The van der Waals surface area contributed by atoms with E-state index in [2.05, 4.69) is 59.4 Å². The number of rotatable bonds is 6. The van der Waals surface area contributed by atoms with Crippen LogP contribution in [-0.2, 0) is 11.3 Å². The molecular formula is C15H20N2O. The van der Waals surface area contributed by atoms with Gasteiger partial charge < -0.3 is 14.6 Å². The predicted octanol–water partition coefficient (Wildman–Crippen LogP) is 2.52. The van der Waals surface area contributed by atoms with Gasteiger partial charge in [-0.3, -0.25) is 0 Å². The summed E-state index contributed by atoms with van der Waals surface area (Å²) in [5, 5.41) is 3.37. The molecule has 0 amide bonds. The second-order valence-electron chi connectivity index (χ2n) is 4.38. The zero-order valence-electron chi connectivity index (χ0n) is 11.0. The smallest absolute Gasteiger partial charge is 0.0587 e. The standard InChI is InChI=1S/C15H20N2O/c1-13-5-3-6-14(11-13)17-9-4-7-15(17)12-16-8-10-18-2/h3-7,9,11,16H,8,10,12H2,1-2H3. The molecule has 0 atom stereocenters. The van der Waals surface area contributed by atoms with Gasteiger partial charge in [0, 0.05) is 37.8 Å². The minimum absolute atomic E-state index is 0.741. The first kappa shape index (κ1) is 12.9. The van der Waals surface area contributed by atoms with Gasteiger partial charge in [-0.05, 0) is 36.8 Å². The fourth-order valence-electron chi connectivity index (χ4n) is 1.98. The van der Waals surface area contributed by atoms with Crippen LogP contribution in [0, 0.1) is 6.92 Å². The van der Waals surface area contributed by atoms with Crippen LogP contribution in [0.25, 0.3) is 5.69 Å². The van der Waals surface area contributed by atoms with E-state index in [1.165, 1.54) is 16.9 Å². The van der Waals surface area contributed by atoms with Gasteiger partial charge in [-0.15, -0.1) is 0 Å². The first-order chi connectivity index (χ1) is 8.81. The van der Waals surface area contributed by atoms with Crippen LogP contribution in [0.1, 0.15) is 11.3 Å². The van der Waals surface area contributed by atoms with E-state index < -0.39 is 0 Å². The van der Waals surface area contributed by atoms with E-state index in [1.807, 2.05) is 0 Å². The number of ether oxygens (including phenoxy) is 1. The van der Waals surface area contributed by atoms with Crippen LogP contribution in [0.5, 0.6) is 0 Å². The third-order valence-electron chi connectivity index (χ3n) is 2.90. The monoisotopic (exact) mass is 244 g/mol. The number of aryl methyl sites for hydroxylation is 1. The van der Waals surface area contributed by atoms with Crippen LogP contribution in [-0.4, -0.2) is 24.8 Å². The van der Waals surface area contributed by atoms with Crippen molar-refractivity contribution < 1.29 is 4.74 Å². The molecule has 0 unspecified atom stereocenters. The van der Waals surface area contributed by atoms with Gasteiger partial charge in [-0.2, -0.15) is 0 Å². The van der Waals surface area contributed by atoms with E-state index in [1.54, 1.807) is 7.11 Å². The molecule has 0 aliphatic carbocycles.